The second-order valence-corrected chi connectivity index (χ2v) is 5.61. The molecule has 6 nitrogen and oxygen atoms in total. The first-order valence-electron chi connectivity index (χ1n) is 7.29. The van der Waals surface area contributed by atoms with Gasteiger partial charge in [-0.1, -0.05) is 0 Å². The summed E-state index contributed by atoms with van der Waals surface area (Å²) in [5.41, 5.74) is 0.624. The van der Waals surface area contributed by atoms with E-state index in [0.29, 0.717) is 37.7 Å². The van der Waals surface area contributed by atoms with Gasteiger partial charge in [-0.05, 0) is 31.7 Å². The van der Waals surface area contributed by atoms with E-state index in [1.165, 1.54) is 6.07 Å². The van der Waals surface area contributed by atoms with Gasteiger partial charge in [-0.15, -0.1) is 0 Å². The lowest BCUT2D eigenvalue weighted by molar-refractivity contribution is -0.121. The van der Waals surface area contributed by atoms with Gasteiger partial charge < -0.3 is 10.6 Å². The van der Waals surface area contributed by atoms with E-state index < -0.39 is 0 Å². The molecule has 1 aromatic rings. The predicted octanol–water partition coefficient (Wildman–Crippen LogP) is 0.153. The van der Waals surface area contributed by atoms with Gasteiger partial charge in [-0.2, -0.15) is 0 Å². The highest BCUT2D eigenvalue weighted by Gasteiger charge is 2.24. The molecular formula is C14H20N4O2. The van der Waals surface area contributed by atoms with Crippen LogP contribution in [0.1, 0.15) is 37.2 Å². The van der Waals surface area contributed by atoms with Gasteiger partial charge >= 0.3 is 0 Å². The lowest BCUT2D eigenvalue weighted by Crippen LogP contribution is -2.29. The Bertz CT molecular complexity index is 563. The average Bonchev–Trinajstić information content (AvgIpc) is 3.23. The lowest BCUT2D eigenvalue weighted by atomic mass is 10.3. The average molecular weight is 276 g/mol. The molecule has 2 N–H and O–H groups in total. The zero-order valence-corrected chi connectivity index (χ0v) is 11.5. The Morgan fingerprint density at radius 1 is 1.50 bits per heavy atom. The third kappa shape index (κ3) is 3.25. The maximum atomic E-state index is 12.1. The fourth-order valence-electron chi connectivity index (χ4n) is 2.48. The van der Waals surface area contributed by atoms with Crippen molar-refractivity contribution in [2.45, 2.75) is 45.3 Å². The predicted molar refractivity (Wildman–Crippen MR) is 74.0 cm³/mol. The molecule has 0 unspecified atom stereocenters. The molecule has 20 heavy (non-hydrogen) atoms. The van der Waals surface area contributed by atoms with Crippen LogP contribution in [0.25, 0.3) is 0 Å². The van der Waals surface area contributed by atoms with Crippen LogP contribution in [0.5, 0.6) is 0 Å². The number of aromatic nitrogens is 2. The van der Waals surface area contributed by atoms with Crippen LogP contribution in [-0.2, 0) is 24.4 Å². The molecule has 0 radical (unpaired) electrons. The van der Waals surface area contributed by atoms with Crippen LogP contribution in [0.2, 0.25) is 0 Å². The summed E-state index contributed by atoms with van der Waals surface area (Å²) in [4.78, 5) is 28.2. The zero-order chi connectivity index (χ0) is 13.9. The van der Waals surface area contributed by atoms with Crippen molar-refractivity contribution in [1.29, 1.82) is 0 Å². The molecule has 2 aliphatic rings. The molecule has 0 bridgehead atoms. The molecule has 0 aromatic carbocycles. The molecule has 1 fully saturated rings. The largest absolute Gasteiger partial charge is 0.350 e. The summed E-state index contributed by atoms with van der Waals surface area (Å²) in [6, 6.07) is 1.53. The van der Waals surface area contributed by atoms with E-state index >= 15 is 0 Å². The van der Waals surface area contributed by atoms with Crippen molar-refractivity contribution in [3.05, 3.63) is 27.9 Å². The molecule has 108 valence electrons. The van der Waals surface area contributed by atoms with E-state index in [1.807, 2.05) is 0 Å². The minimum atomic E-state index is -0.0230. The van der Waals surface area contributed by atoms with Gasteiger partial charge in [0.2, 0.25) is 5.91 Å². The topological polar surface area (TPSA) is 76.0 Å². The number of nitrogens with one attached hydrogen (secondary N) is 2. The van der Waals surface area contributed by atoms with E-state index in [-0.39, 0.29) is 11.5 Å². The first-order valence-corrected chi connectivity index (χ1v) is 7.29. The van der Waals surface area contributed by atoms with Crippen LogP contribution >= 0.6 is 0 Å². The summed E-state index contributed by atoms with van der Waals surface area (Å²) in [5, 5.41) is 6.10. The lowest BCUT2D eigenvalue weighted by Gasteiger charge is -2.10. The molecule has 0 saturated heterocycles. The Morgan fingerprint density at radius 3 is 3.15 bits per heavy atom. The van der Waals surface area contributed by atoms with E-state index in [1.54, 1.807) is 4.57 Å². The maximum absolute atomic E-state index is 12.1. The molecule has 1 aromatic heterocycles. The quantitative estimate of drug-likeness (QED) is 0.821. The number of rotatable bonds is 4. The molecular weight excluding hydrogens is 256 g/mol. The molecule has 1 aliphatic heterocycles. The summed E-state index contributed by atoms with van der Waals surface area (Å²) in [7, 11) is 0. The van der Waals surface area contributed by atoms with Crippen LogP contribution in [0.3, 0.4) is 0 Å². The standard InChI is InChI=1S/C14H20N4O2/c19-13(6-10-2-3-10)16-8-11-7-14(20)18-5-1-4-15-9-12(18)17-11/h7,10,15H,1-6,8-9H2,(H,16,19). The first kappa shape index (κ1) is 13.3. The van der Waals surface area contributed by atoms with E-state index in [0.717, 1.165) is 31.6 Å². The van der Waals surface area contributed by atoms with Crippen LogP contribution in [-0.4, -0.2) is 22.0 Å². The summed E-state index contributed by atoms with van der Waals surface area (Å²) in [6.07, 6.45) is 3.87. The third-order valence-electron chi connectivity index (χ3n) is 3.80. The maximum Gasteiger partial charge on any atom is 0.253 e. The molecule has 2 heterocycles. The van der Waals surface area contributed by atoms with E-state index in [4.69, 9.17) is 0 Å². The SMILES string of the molecule is O=C(CC1CC1)NCc1cc(=O)n2c(n1)CNCCC2. The number of hydrogen-bond donors (Lipinski definition) is 2. The molecule has 0 spiro atoms. The van der Waals surface area contributed by atoms with Crippen LogP contribution in [0.15, 0.2) is 10.9 Å². The van der Waals surface area contributed by atoms with Crippen molar-refractivity contribution in [2.24, 2.45) is 5.92 Å². The van der Waals surface area contributed by atoms with Gasteiger partial charge in [0, 0.05) is 19.0 Å². The number of nitrogens with zero attached hydrogens (tertiary/aromatic N) is 2. The molecule has 3 rings (SSSR count). The highest BCUT2D eigenvalue weighted by molar-refractivity contribution is 5.76. The fourth-order valence-corrected chi connectivity index (χ4v) is 2.48. The normalized spacial score (nSPS) is 18.2. The van der Waals surface area contributed by atoms with Crippen molar-refractivity contribution in [3.63, 3.8) is 0 Å². The molecule has 1 amide bonds. The van der Waals surface area contributed by atoms with Gasteiger partial charge in [0.15, 0.2) is 0 Å². The van der Waals surface area contributed by atoms with Crippen LogP contribution < -0.4 is 16.2 Å². The highest BCUT2D eigenvalue weighted by atomic mass is 16.1. The summed E-state index contributed by atoms with van der Waals surface area (Å²) < 4.78 is 1.72. The fraction of sp³-hybridized carbons (Fsp3) is 0.643. The van der Waals surface area contributed by atoms with Gasteiger partial charge in [0.05, 0.1) is 18.8 Å². The van der Waals surface area contributed by atoms with Crippen LogP contribution in [0, 0.1) is 5.92 Å². The smallest absolute Gasteiger partial charge is 0.253 e. The Labute approximate surface area is 117 Å². The Kier molecular flexibility index (Phi) is 3.82. The Hall–Kier alpha value is -1.69. The van der Waals surface area contributed by atoms with Crippen molar-refractivity contribution >= 4 is 5.91 Å². The van der Waals surface area contributed by atoms with Crippen molar-refractivity contribution in [2.75, 3.05) is 6.54 Å². The monoisotopic (exact) mass is 276 g/mol. The molecule has 1 saturated carbocycles. The van der Waals surface area contributed by atoms with Crippen LogP contribution in [0.4, 0.5) is 0 Å². The number of carbonyl (C=O) groups excluding carboxylic acids is 1. The number of hydrogen-bond acceptors (Lipinski definition) is 4. The second kappa shape index (κ2) is 5.75. The van der Waals surface area contributed by atoms with Gasteiger partial charge in [0.25, 0.3) is 5.56 Å². The molecule has 1 aliphatic carbocycles. The summed E-state index contributed by atoms with van der Waals surface area (Å²) >= 11 is 0. The second-order valence-electron chi connectivity index (χ2n) is 5.61. The van der Waals surface area contributed by atoms with E-state index in [2.05, 4.69) is 15.6 Å². The highest BCUT2D eigenvalue weighted by Crippen LogP contribution is 2.32. The number of fused-ring (bicyclic) bond motifs is 1. The van der Waals surface area contributed by atoms with Crippen molar-refractivity contribution < 1.29 is 4.79 Å². The number of carbonyl (C=O) groups is 1. The molecule has 6 heteroatoms. The van der Waals surface area contributed by atoms with Crippen molar-refractivity contribution in [1.82, 2.24) is 20.2 Å². The number of amides is 1. The minimum absolute atomic E-state index is 0.0230. The zero-order valence-electron chi connectivity index (χ0n) is 11.5. The minimum Gasteiger partial charge on any atom is -0.350 e. The van der Waals surface area contributed by atoms with E-state index in [9.17, 15) is 9.59 Å². The van der Waals surface area contributed by atoms with Crippen molar-refractivity contribution in [3.8, 4) is 0 Å². The summed E-state index contributed by atoms with van der Waals surface area (Å²) in [6.45, 7) is 2.56. The summed E-state index contributed by atoms with van der Waals surface area (Å²) in [5.74, 6) is 1.40. The van der Waals surface area contributed by atoms with Gasteiger partial charge in [0.1, 0.15) is 5.82 Å². The van der Waals surface area contributed by atoms with Gasteiger partial charge in [-0.3, -0.25) is 14.2 Å². The first-order chi connectivity index (χ1) is 9.72. The Balaban J connectivity index is 1.67. The third-order valence-corrected chi connectivity index (χ3v) is 3.80. The Morgan fingerprint density at radius 2 is 2.35 bits per heavy atom. The van der Waals surface area contributed by atoms with Gasteiger partial charge in [-0.25, -0.2) is 4.98 Å². The molecule has 0 atom stereocenters.